The van der Waals surface area contributed by atoms with Gasteiger partial charge in [0.2, 0.25) is 9.84 Å². The van der Waals surface area contributed by atoms with Crippen molar-refractivity contribution >= 4 is 15.4 Å². The Bertz CT molecular complexity index is 533. The number of fused-ring (bicyclic) bond motifs is 1. The van der Waals surface area contributed by atoms with Gasteiger partial charge in [0.05, 0.1) is 6.61 Å². The third-order valence-electron chi connectivity index (χ3n) is 2.16. The summed E-state index contributed by atoms with van der Waals surface area (Å²) >= 11 is 0. The number of nitrogens with two attached hydrogens (primary N) is 1. The average Bonchev–Trinajstić information content (AvgIpc) is 2.40. The first kappa shape index (κ1) is 10.2. The van der Waals surface area contributed by atoms with Crippen molar-refractivity contribution < 1.29 is 18.4 Å². The Morgan fingerprint density at radius 1 is 1.40 bits per heavy atom. The summed E-state index contributed by atoms with van der Waals surface area (Å²) in [6, 6.07) is 4.50. The lowest BCUT2D eigenvalue weighted by atomic mass is 10.1. The van der Waals surface area contributed by atoms with E-state index in [1.807, 2.05) is 0 Å². The van der Waals surface area contributed by atoms with Crippen molar-refractivity contribution in [2.45, 2.75) is 4.90 Å². The van der Waals surface area contributed by atoms with Crippen LogP contribution in [0.4, 0.5) is 0 Å². The molecule has 1 heterocycles. The second-order valence-corrected chi connectivity index (χ2v) is 4.89. The SMILES string of the molecule is NOCC1=CS(=O)(=O)c2c(O)cccc21. The van der Waals surface area contributed by atoms with Crippen LogP contribution in [-0.2, 0) is 14.7 Å². The zero-order valence-electron chi connectivity index (χ0n) is 7.67. The highest BCUT2D eigenvalue weighted by molar-refractivity contribution is 7.95. The van der Waals surface area contributed by atoms with Gasteiger partial charge in [-0.1, -0.05) is 12.1 Å². The van der Waals surface area contributed by atoms with Crippen molar-refractivity contribution in [2.24, 2.45) is 5.90 Å². The van der Waals surface area contributed by atoms with Gasteiger partial charge in [0.1, 0.15) is 10.6 Å². The summed E-state index contributed by atoms with van der Waals surface area (Å²) in [6.07, 6.45) is 0. The van der Waals surface area contributed by atoms with E-state index in [1.165, 1.54) is 6.07 Å². The lowest BCUT2D eigenvalue weighted by molar-refractivity contribution is 0.173. The highest BCUT2D eigenvalue weighted by Gasteiger charge is 2.29. The van der Waals surface area contributed by atoms with E-state index in [1.54, 1.807) is 12.1 Å². The predicted octanol–water partition coefficient (Wildman–Crippen LogP) is 0.411. The second-order valence-electron chi connectivity index (χ2n) is 3.15. The van der Waals surface area contributed by atoms with E-state index in [4.69, 9.17) is 5.90 Å². The Labute approximate surface area is 86.7 Å². The topological polar surface area (TPSA) is 89.6 Å². The molecule has 1 aromatic carbocycles. The maximum absolute atomic E-state index is 11.6. The number of hydrogen-bond donors (Lipinski definition) is 2. The standard InChI is InChI=1S/C9H9NO4S/c10-14-4-6-5-15(12,13)9-7(6)2-1-3-8(9)11/h1-3,5,11H,4,10H2. The first-order valence-electron chi connectivity index (χ1n) is 4.16. The molecule has 2 rings (SSSR count). The molecule has 0 radical (unpaired) electrons. The van der Waals surface area contributed by atoms with Crippen LogP contribution in [0.25, 0.3) is 5.57 Å². The van der Waals surface area contributed by atoms with Gasteiger partial charge in [-0.25, -0.2) is 14.3 Å². The fraction of sp³-hybridized carbons (Fsp3) is 0.111. The molecule has 0 atom stereocenters. The molecule has 1 aliphatic rings. The maximum Gasteiger partial charge on any atom is 0.204 e. The van der Waals surface area contributed by atoms with Gasteiger partial charge in [0.15, 0.2) is 0 Å². The first-order valence-corrected chi connectivity index (χ1v) is 5.70. The van der Waals surface area contributed by atoms with Gasteiger partial charge in [-0.2, -0.15) is 0 Å². The van der Waals surface area contributed by atoms with Crippen LogP contribution in [0.2, 0.25) is 0 Å². The van der Waals surface area contributed by atoms with Crippen LogP contribution in [0.15, 0.2) is 28.5 Å². The van der Waals surface area contributed by atoms with E-state index in [0.717, 1.165) is 5.41 Å². The second kappa shape index (κ2) is 3.34. The minimum absolute atomic E-state index is 0.00428. The minimum Gasteiger partial charge on any atom is -0.507 e. The summed E-state index contributed by atoms with van der Waals surface area (Å²) < 4.78 is 23.3. The molecule has 80 valence electrons. The van der Waals surface area contributed by atoms with E-state index in [2.05, 4.69) is 4.84 Å². The number of phenolic OH excluding ortho intramolecular Hbond substituents is 1. The highest BCUT2D eigenvalue weighted by atomic mass is 32.2. The van der Waals surface area contributed by atoms with Gasteiger partial charge < -0.3 is 5.11 Å². The smallest absolute Gasteiger partial charge is 0.204 e. The zero-order valence-corrected chi connectivity index (χ0v) is 8.49. The maximum atomic E-state index is 11.6. The molecular formula is C9H9NO4S. The fourth-order valence-corrected chi connectivity index (χ4v) is 3.14. The highest BCUT2D eigenvalue weighted by Crippen LogP contribution is 2.38. The molecule has 0 aromatic heterocycles. The normalized spacial score (nSPS) is 17.3. The lowest BCUT2D eigenvalue weighted by Gasteiger charge is -2.03. The fourth-order valence-electron chi connectivity index (χ4n) is 1.59. The number of hydrogen-bond acceptors (Lipinski definition) is 5. The summed E-state index contributed by atoms with van der Waals surface area (Å²) in [7, 11) is -3.56. The van der Waals surface area contributed by atoms with Crippen LogP contribution in [0.1, 0.15) is 5.56 Å². The van der Waals surface area contributed by atoms with Gasteiger partial charge >= 0.3 is 0 Å². The Morgan fingerprint density at radius 3 is 2.80 bits per heavy atom. The van der Waals surface area contributed by atoms with E-state index < -0.39 is 9.84 Å². The molecule has 0 saturated carbocycles. The van der Waals surface area contributed by atoms with Crippen LogP contribution in [0, 0.1) is 0 Å². The Hall–Kier alpha value is -1.37. The van der Waals surface area contributed by atoms with Crippen molar-refractivity contribution in [2.75, 3.05) is 6.61 Å². The first-order chi connectivity index (χ1) is 7.06. The van der Waals surface area contributed by atoms with Crippen LogP contribution >= 0.6 is 0 Å². The summed E-state index contributed by atoms with van der Waals surface area (Å²) in [4.78, 5) is 4.33. The molecule has 0 unspecified atom stereocenters. The molecule has 0 aliphatic carbocycles. The summed E-state index contributed by atoms with van der Waals surface area (Å²) in [5, 5.41) is 10.5. The molecule has 1 aliphatic heterocycles. The molecule has 0 amide bonds. The molecule has 1 aromatic rings. The molecule has 5 nitrogen and oxygen atoms in total. The number of phenols is 1. The number of sulfone groups is 1. The molecule has 0 spiro atoms. The van der Waals surface area contributed by atoms with Gasteiger partial charge in [-0.15, -0.1) is 0 Å². The van der Waals surface area contributed by atoms with Crippen molar-refractivity contribution in [1.82, 2.24) is 0 Å². The molecule has 0 bridgehead atoms. The van der Waals surface area contributed by atoms with Crippen LogP contribution < -0.4 is 5.90 Å². The van der Waals surface area contributed by atoms with Crippen molar-refractivity contribution in [3.8, 4) is 5.75 Å². The van der Waals surface area contributed by atoms with E-state index in [0.29, 0.717) is 11.1 Å². The molecule has 15 heavy (non-hydrogen) atoms. The summed E-state index contributed by atoms with van der Waals surface area (Å²) in [6.45, 7) is -0.00428. The third-order valence-corrected chi connectivity index (χ3v) is 3.75. The van der Waals surface area contributed by atoms with Gasteiger partial charge in [-0.05, 0) is 6.07 Å². The molecule has 3 N–H and O–H groups in total. The van der Waals surface area contributed by atoms with E-state index in [9.17, 15) is 13.5 Å². The Balaban J connectivity index is 2.68. The van der Waals surface area contributed by atoms with E-state index >= 15 is 0 Å². The van der Waals surface area contributed by atoms with Crippen molar-refractivity contribution in [3.05, 3.63) is 29.2 Å². The van der Waals surface area contributed by atoms with Crippen molar-refractivity contribution in [3.63, 3.8) is 0 Å². The number of aromatic hydroxyl groups is 1. The van der Waals surface area contributed by atoms with Crippen molar-refractivity contribution in [1.29, 1.82) is 0 Å². The molecule has 0 saturated heterocycles. The monoisotopic (exact) mass is 227 g/mol. The van der Waals surface area contributed by atoms with Crippen LogP contribution in [-0.4, -0.2) is 20.1 Å². The molecule has 0 fully saturated rings. The van der Waals surface area contributed by atoms with Gasteiger partial charge in [-0.3, -0.25) is 4.84 Å². The minimum atomic E-state index is -3.56. The van der Waals surface area contributed by atoms with Gasteiger partial charge in [0, 0.05) is 16.5 Å². The molecular weight excluding hydrogens is 218 g/mol. The lowest BCUT2D eigenvalue weighted by Crippen LogP contribution is -2.02. The number of rotatable bonds is 2. The predicted molar refractivity (Wildman–Crippen MR) is 53.4 cm³/mol. The average molecular weight is 227 g/mol. The largest absolute Gasteiger partial charge is 0.507 e. The third kappa shape index (κ3) is 1.52. The van der Waals surface area contributed by atoms with Gasteiger partial charge in [0.25, 0.3) is 0 Å². The Morgan fingerprint density at radius 2 is 2.13 bits per heavy atom. The summed E-state index contributed by atoms with van der Waals surface area (Å²) in [5.74, 6) is 4.64. The Kier molecular flexibility index (Phi) is 2.26. The summed E-state index contributed by atoms with van der Waals surface area (Å²) in [5.41, 5.74) is 0.892. The zero-order chi connectivity index (χ0) is 11.1. The van der Waals surface area contributed by atoms with E-state index in [-0.39, 0.29) is 17.3 Å². The quantitative estimate of drug-likeness (QED) is 0.714. The van der Waals surface area contributed by atoms with Crippen LogP contribution in [0.3, 0.4) is 0 Å². The van der Waals surface area contributed by atoms with Crippen LogP contribution in [0.5, 0.6) is 5.75 Å². The number of benzene rings is 1. The molecule has 6 heteroatoms.